The van der Waals surface area contributed by atoms with Gasteiger partial charge in [-0.05, 0) is 25.8 Å². The molecular weight excluding hydrogens is 186 g/mol. The minimum absolute atomic E-state index is 0.548. The van der Waals surface area contributed by atoms with Crippen molar-refractivity contribution in [1.82, 2.24) is 5.32 Å². The Labute approximate surface area is 95.8 Å². The molecule has 0 amide bonds. The van der Waals surface area contributed by atoms with E-state index >= 15 is 0 Å². The summed E-state index contributed by atoms with van der Waals surface area (Å²) in [6.45, 7) is 11.5. The zero-order valence-corrected chi connectivity index (χ0v) is 11.0. The molecule has 0 saturated carbocycles. The predicted molar refractivity (Wildman–Crippen MR) is 67.3 cm³/mol. The second-order valence-electron chi connectivity index (χ2n) is 4.13. The van der Waals surface area contributed by atoms with E-state index in [1.54, 1.807) is 0 Å². The van der Waals surface area contributed by atoms with E-state index in [2.05, 4.69) is 33.0 Å². The van der Waals surface area contributed by atoms with Crippen LogP contribution in [0.4, 0.5) is 0 Å². The van der Waals surface area contributed by atoms with Crippen LogP contribution in [-0.4, -0.2) is 25.8 Å². The van der Waals surface area contributed by atoms with Crippen LogP contribution in [0.3, 0.4) is 0 Å². The summed E-state index contributed by atoms with van der Waals surface area (Å²) in [5.41, 5.74) is 0. The lowest BCUT2D eigenvalue weighted by atomic mass is 9.91. The Balaban J connectivity index is 4.00. The number of unbranched alkanes of at least 4 members (excludes halogenated alkanes) is 1. The van der Waals surface area contributed by atoms with Gasteiger partial charge in [-0.2, -0.15) is 0 Å². The molecule has 0 aliphatic rings. The summed E-state index contributed by atoms with van der Waals surface area (Å²) < 4.78 is 5.55. The van der Waals surface area contributed by atoms with E-state index in [0.29, 0.717) is 6.04 Å². The summed E-state index contributed by atoms with van der Waals surface area (Å²) in [6.07, 6.45) is 5.22. The normalized spacial score (nSPS) is 15.2. The van der Waals surface area contributed by atoms with Gasteiger partial charge < -0.3 is 10.1 Å². The average molecular weight is 215 g/mol. The maximum atomic E-state index is 5.55. The second kappa shape index (κ2) is 10.4. The fourth-order valence-corrected chi connectivity index (χ4v) is 2.02. The average Bonchev–Trinajstić information content (AvgIpc) is 2.26. The first-order valence-electron chi connectivity index (χ1n) is 6.61. The van der Waals surface area contributed by atoms with Crippen molar-refractivity contribution in [1.29, 1.82) is 0 Å². The van der Waals surface area contributed by atoms with Crippen molar-refractivity contribution in [3.8, 4) is 0 Å². The first-order chi connectivity index (χ1) is 7.29. The smallest absolute Gasteiger partial charge is 0.0622 e. The van der Waals surface area contributed by atoms with Crippen molar-refractivity contribution in [3.05, 3.63) is 0 Å². The van der Waals surface area contributed by atoms with Gasteiger partial charge in [0, 0.05) is 12.6 Å². The number of hydrogen-bond acceptors (Lipinski definition) is 2. The van der Waals surface area contributed by atoms with Crippen LogP contribution in [0.25, 0.3) is 0 Å². The summed E-state index contributed by atoms with van der Waals surface area (Å²) in [6, 6.07) is 0.548. The largest absolute Gasteiger partial charge is 0.380 e. The number of ether oxygens (including phenoxy) is 1. The number of rotatable bonds is 10. The molecule has 15 heavy (non-hydrogen) atoms. The second-order valence-corrected chi connectivity index (χ2v) is 4.13. The van der Waals surface area contributed by atoms with Crippen LogP contribution in [0.1, 0.15) is 53.4 Å². The van der Waals surface area contributed by atoms with Crippen molar-refractivity contribution in [2.75, 3.05) is 19.8 Å². The summed E-state index contributed by atoms with van der Waals surface area (Å²) in [4.78, 5) is 0. The minimum Gasteiger partial charge on any atom is -0.380 e. The molecule has 2 atom stereocenters. The first-order valence-corrected chi connectivity index (χ1v) is 6.61. The van der Waals surface area contributed by atoms with Crippen molar-refractivity contribution >= 4 is 0 Å². The van der Waals surface area contributed by atoms with Crippen LogP contribution < -0.4 is 5.32 Å². The lowest BCUT2D eigenvalue weighted by Crippen LogP contribution is -2.39. The Hall–Kier alpha value is -0.0800. The van der Waals surface area contributed by atoms with E-state index in [-0.39, 0.29) is 0 Å². The summed E-state index contributed by atoms with van der Waals surface area (Å²) in [7, 11) is 0. The third-order valence-corrected chi connectivity index (χ3v) is 2.99. The van der Waals surface area contributed by atoms with E-state index in [1.165, 1.54) is 25.7 Å². The molecule has 0 aromatic rings. The fourth-order valence-electron chi connectivity index (χ4n) is 2.02. The van der Waals surface area contributed by atoms with Gasteiger partial charge in [-0.1, -0.05) is 40.0 Å². The molecule has 0 radical (unpaired) electrons. The molecule has 0 aliphatic heterocycles. The van der Waals surface area contributed by atoms with Crippen molar-refractivity contribution in [2.45, 2.75) is 59.4 Å². The fraction of sp³-hybridized carbons (Fsp3) is 1.00. The van der Waals surface area contributed by atoms with Crippen LogP contribution >= 0.6 is 0 Å². The molecule has 0 spiro atoms. The van der Waals surface area contributed by atoms with Gasteiger partial charge in [0.25, 0.3) is 0 Å². The minimum atomic E-state index is 0.548. The van der Waals surface area contributed by atoms with Gasteiger partial charge in [-0.15, -0.1) is 0 Å². The molecule has 0 aromatic heterocycles. The van der Waals surface area contributed by atoms with Crippen LogP contribution in [0.5, 0.6) is 0 Å². The summed E-state index contributed by atoms with van der Waals surface area (Å²) >= 11 is 0. The SMILES string of the molecule is CCCCC(CC)C(COCC)NCC. The molecule has 0 fully saturated rings. The zero-order chi connectivity index (χ0) is 11.5. The Morgan fingerprint density at radius 2 is 1.87 bits per heavy atom. The van der Waals surface area contributed by atoms with Crippen LogP contribution in [0, 0.1) is 5.92 Å². The van der Waals surface area contributed by atoms with Gasteiger partial charge in [0.1, 0.15) is 0 Å². The van der Waals surface area contributed by atoms with Crippen LogP contribution in [0.2, 0.25) is 0 Å². The van der Waals surface area contributed by atoms with Crippen molar-refractivity contribution < 1.29 is 4.74 Å². The zero-order valence-electron chi connectivity index (χ0n) is 11.0. The Bertz CT molecular complexity index is 128. The highest BCUT2D eigenvalue weighted by Gasteiger charge is 2.18. The Morgan fingerprint density at radius 3 is 2.33 bits per heavy atom. The topological polar surface area (TPSA) is 21.3 Å². The predicted octanol–water partition coefficient (Wildman–Crippen LogP) is 3.22. The standard InChI is InChI=1S/C13H29NO/c1-5-9-10-12(6-2)13(14-7-3)11-15-8-4/h12-14H,5-11H2,1-4H3. The quantitative estimate of drug-likeness (QED) is 0.604. The molecule has 0 heterocycles. The highest BCUT2D eigenvalue weighted by Crippen LogP contribution is 2.17. The maximum Gasteiger partial charge on any atom is 0.0622 e. The van der Waals surface area contributed by atoms with Gasteiger partial charge in [0.2, 0.25) is 0 Å². The highest BCUT2D eigenvalue weighted by molar-refractivity contribution is 4.75. The van der Waals surface area contributed by atoms with Crippen molar-refractivity contribution in [3.63, 3.8) is 0 Å². The van der Waals surface area contributed by atoms with E-state index < -0.39 is 0 Å². The number of hydrogen-bond donors (Lipinski definition) is 1. The van der Waals surface area contributed by atoms with E-state index in [1.807, 2.05) is 0 Å². The van der Waals surface area contributed by atoms with E-state index in [4.69, 9.17) is 4.74 Å². The highest BCUT2D eigenvalue weighted by atomic mass is 16.5. The first kappa shape index (κ1) is 14.9. The lowest BCUT2D eigenvalue weighted by molar-refractivity contribution is 0.0995. The van der Waals surface area contributed by atoms with E-state index in [9.17, 15) is 0 Å². The Morgan fingerprint density at radius 1 is 1.13 bits per heavy atom. The number of nitrogens with one attached hydrogen (secondary N) is 1. The third-order valence-electron chi connectivity index (χ3n) is 2.99. The summed E-state index contributed by atoms with van der Waals surface area (Å²) in [5.74, 6) is 0.774. The molecule has 0 aliphatic carbocycles. The van der Waals surface area contributed by atoms with Crippen LogP contribution in [-0.2, 0) is 4.74 Å². The molecule has 0 saturated heterocycles. The molecule has 0 rings (SSSR count). The molecule has 2 nitrogen and oxygen atoms in total. The van der Waals surface area contributed by atoms with Gasteiger partial charge in [-0.25, -0.2) is 0 Å². The molecular formula is C13H29NO. The molecule has 2 unspecified atom stereocenters. The van der Waals surface area contributed by atoms with Crippen LogP contribution in [0.15, 0.2) is 0 Å². The van der Waals surface area contributed by atoms with Gasteiger partial charge in [0.15, 0.2) is 0 Å². The summed E-state index contributed by atoms with van der Waals surface area (Å²) in [5, 5.41) is 3.55. The molecule has 2 heteroatoms. The van der Waals surface area contributed by atoms with E-state index in [0.717, 1.165) is 25.7 Å². The van der Waals surface area contributed by atoms with Crippen molar-refractivity contribution in [2.24, 2.45) is 5.92 Å². The Kier molecular flexibility index (Phi) is 10.4. The third kappa shape index (κ3) is 6.91. The monoisotopic (exact) mass is 215 g/mol. The molecule has 92 valence electrons. The molecule has 0 bridgehead atoms. The van der Waals surface area contributed by atoms with Gasteiger partial charge >= 0.3 is 0 Å². The number of likely N-dealkylation sites (N-methyl/N-ethyl adjacent to an activating group) is 1. The molecule has 0 aromatic carbocycles. The lowest BCUT2D eigenvalue weighted by Gasteiger charge is -2.26. The van der Waals surface area contributed by atoms with Gasteiger partial charge in [0.05, 0.1) is 6.61 Å². The molecule has 1 N–H and O–H groups in total. The maximum absolute atomic E-state index is 5.55. The van der Waals surface area contributed by atoms with Gasteiger partial charge in [-0.3, -0.25) is 0 Å².